The Kier molecular flexibility index (Phi) is 4.92. The smallest absolute Gasteiger partial charge is 0.0604 e. The van der Waals surface area contributed by atoms with Crippen LogP contribution in [0.25, 0.3) is 0 Å². The third-order valence-corrected chi connectivity index (χ3v) is 4.92. The van der Waals surface area contributed by atoms with Crippen LogP contribution in [0.15, 0.2) is 24.3 Å². The van der Waals surface area contributed by atoms with Crippen LogP contribution >= 0.6 is 0 Å². The third-order valence-electron chi connectivity index (χ3n) is 4.92. The molecule has 1 aliphatic heterocycles. The summed E-state index contributed by atoms with van der Waals surface area (Å²) >= 11 is 0. The number of nitrogens with one attached hydrogen (secondary N) is 1. The van der Waals surface area contributed by atoms with Crippen LogP contribution in [-0.4, -0.2) is 40.3 Å². The minimum Gasteiger partial charge on any atom is -0.371 e. The quantitative estimate of drug-likeness (QED) is 0.861. The summed E-state index contributed by atoms with van der Waals surface area (Å²) in [6, 6.07) is 8.79. The number of rotatable bonds is 6. The molecule has 0 aromatic heterocycles. The van der Waals surface area contributed by atoms with E-state index in [0.29, 0.717) is 5.41 Å². The van der Waals surface area contributed by atoms with Crippen LogP contribution in [-0.2, 0) is 0 Å². The molecule has 0 radical (unpaired) electrons. The molecule has 1 aromatic carbocycles. The van der Waals surface area contributed by atoms with Gasteiger partial charge < -0.3 is 15.1 Å². The van der Waals surface area contributed by atoms with Gasteiger partial charge in [-0.05, 0) is 37.4 Å². The maximum atomic E-state index is 3.40. The normalized spacial score (nSPS) is 15.4. The fourth-order valence-electron chi connectivity index (χ4n) is 3.29. The first-order valence-corrected chi connectivity index (χ1v) is 7.85. The number of nitrogens with zero attached hydrogens (tertiary/aromatic N) is 2. The molecule has 3 heteroatoms. The lowest BCUT2D eigenvalue weighted by Crippen LogP contribution is -2.47. The standard InChI is InChI=1S/C17H29N3/c1-5-17(6-2,13-18-3)14-20-12-11-19(4)15-9-7-8-10-16(15)20/h7-10,18H,5-6,11-14H2,1-4H3. The molecule has 0 fully saturated rings. The molecule has 0 atom stereocenters. The molecule has 0 bridgehead atoms. The molecule has 0 aliphatic carbocycles. The van der Waals surface area contributed by atoms with Crippen LogP contribution in [0.1, 0.15) is 26.7 Å². The first kappa shape index (κ1) is 15.2. The van der Waals surface area contributed by atoms with Crippen molar-refractivity contribution in [3.63, 3.8) is 0 Å². The van der Waals surface area contributed by atoms with Crippen molar-refractivity contribution in [3.05, 3.63) is 24.3 Å². The van der Waals surface area contributed by atoms with Crippen molar-refractivity contribution in [2.75, 3.05) is 50.1 Å². The first-order chi connectivity index (χ1) is 9.65. The monoisotopic (exact) mass is 275 g/mol. The van der Waals surface area contributed by atoms with Crippen molar-refractivity contribution in [1.29, 1.82) is 0 Å². The maximum absolute atomic E-state index is 3.40. The zero-order valence-corrected chi connectivity index (χ0v) is 13.4. The summed E-state index contributed by atoms with van der Waals surface area (Å²) in [6.45, 7) is 9.12. The second kappa shape index (κ2) is 6.49. The van der Waals surface area contributed by atoms with E-state index >= 15 is 0 Å². The summed E-state index contributed by atoms with van der Waals surface area (Å²) in [4.78, 5) is 4.95. The molecule has 1 N–H and O–H groups in total. The average Bonchev–Trinajstić information content (AvgIpc) is 2.50. The molecule has 1 heterocycles. The molecule has 112 valence electrons. The summed E-state index contributed by atoms with van der Waals surface area (Å²) in [7, 11) is 4.26. The Morgan fingerprint density at radius 1 is 1.10 bits per heavy atom. The summed E-state index contributed by atoms with van der Waals surface area (Å²) in [6.07, 6.45) is 2.44. The fraction of sp³-hybridized carbons (Fsp3) is 0.647. The minimum absolute atomic E-state index is 0.373. The number of fused-ring (bicyclic) bond motifs is 1. The number of likely N-dealkylation sites (N-methyl/N-ethyl adjacent to an activating group) is 1. The highest BCUT2D eigenvalue weighted by Crippen LogP contribution is 2.35. The van der Waals surface area contributed by atoms with Gasteiger partial charge in [-0.3, -0.25) is 0 Å². The molecule has 0 unspecified atom stereocenters. The topological polar surface area (TPSA) is 18.5 Å². The molecule has 0 saturated heterocycles. The molecule has 20 heavy (non-hydrogen) atoms. The zero-order valence-electron chi connectivity index (χ0n) is 13.4. The largest absolute Gasteiger partial charge is 0.371 e. The van der Waals surface area contributed by atoms with Crippen LogP contribution in [0.3, 0.4) is 0 Å². The number of para-hydroxylation sites is 2. The Labute approximate surface area is 124 Å². The zero-order chi connectivity index (χ0) is 14.6. The highest BCUT2D eigenvalue weighted by molar-refractivity contribution is 5.73. The second-order valence-corrected chi connectivity index (χ2v) is 6.07. The highest BCUT2D eigenvalue weighted by Gasteiger charge is 2.30. The molecule has 0 amide bonds. The van der Waals surface area contributed by atoms with Crippen LogP contribution < -0.4 is 15.1 Å². The molecular formula is C17H29N3. The van der Waals surface area contributed by atoms with Gasteiger partial charge in [-0.25, -0.2) is 0 Å². The van der Waals surface area contributed by atoms with Crippen LogP contribution in [0.2, 0.25) is 0 Å². The van der Waals surface area contributed by atoms with Crippen molar-refractivity contribution >= 4 is 11.4 Å². The Bertz CT molecular complexity index is 426. The second-order valence-electron chi connectivity index (χ2n) is 6.07. The van der Waals surface area contributed by atoms with Crippen LogP contribution in [0, 0.1) is 5.41 Å². The van der Waals surface area contributed by atoms with Gasteiger partial charge in [0.25, 0.3) is 0 Å². The maximum Gasteiger partial charge on any atom is 0.0604 e. The fourth-order valence-corrected chi connectivity index (χ4v) is 3.29. The van der Waals surface area contributed by atoms with Crippen molar-refractivity contribution in [2.24, 2.45) is 5.41 Å². The molecule has 2 rings (SSSR count). The summed E-state index contributed by atoms with van der Waals surface area (Å²) < 4.78 is 0. The Hall–Kier alpha value is -1.22. The van der Waals surface area contributed by atoms with Gasteiger partial charge in [0.2, 0.25) is 0 Å². The van der Waals surface area contributed by atoms with E-state index in [4.69, 9.17) is 0 Å². The summed E-state index contributed by atoms with van der Waals surface area (Å²) in [5.74, 6) is 0. The Balaban J connectivity index is 2.23. The van der Waals surface area contributed by atoms with Gasteiger partial charge in [0.15, 0.2) is 0 Å². The van der Waals surface area contributed by atoms with Crippen molar-refractivity contribution < 1.29 is 0 Å². The molecule has 3 nitrogen and oxygen atoms in total. The minimum atomic E-state index is 0.373. The number of benzene rings is 1. The lowest BCUT2D eigenvalue weighted by molar-refractivity contribution is 0.258. The Morgan fingerprint density at radius 2 is 1.75 bits per heavy atom. The van der Waals surface area contributed by atoms with E-state index in [9.17, 15) is 0 Å². The number of hydrogen-bond donors (Lipinski definition) is 1. The van der Waals surface area contributed by atoms with E-state index < -0.39 is 0 Å². The van der Waals surface area contributed by atoms with Crippen molar-refractivity contribution in [2.45, 2.75) is 26.7 Å². The van der Waals surface area contributed by atoms with Gasteiger partial charge in [-0.15, -0.1) is 0 Å². The van der Waals surface area contributed by atoms with Gasteiger partial charge in [0, 0.05) is 33.2 Å². The van der Waals surface area contributed by atoms with E-state index in [2.05, 4.69) is 67.3 Å². The Morgan fingerprint density at radius 3 is 2.35 bits per heavy atom. The van der Waals surface area contributed by atoms with Gasteiger partial charge in [0.1, 0.15) is 0 Å². The van der Waals surface area contributed by atoms with E-state index in [1.807, 2.05) is 0 Å². The lowest BCUT2D eigenvalue weighted by Gasteiger charge is -2.43. The van der Waals surface area contributed by atoms with Crippen molar-refractivity contribution in [1.82, 2.24) is 5.32 Å². The number of hydrogen-bond acceptors (Lipinski definition) is 3. The lowest BCUT2D eigenvalue weighted by atomic mass is 9.81. The predicted molar refractivity (Wildman–Crippen MR) is 88.9 cm³/mol. The third kappa shape index (κ3) is 2.93. The van der Waals surface area contributed by atoms with E-state index in [1.165, 1.54) is 24.2 Å². The van der Waals surface area contributed by atoms with Gasteiger partial charge in [-0.2, -0.15) is 0 Å². The highest BCUT2D eigenvalue weighted by atomic mass is 15.3. The van der Waals surface area contributed by atoms with Crippen molar-refractivity contribution in [3.8, 4) is 0 Å². The van der Waals surface area contributed by atoms with E-state index in [-0.39, 0.29) is 0 Å². The molecular weight excluding hydrogens is 246 g/mol. The predicted octanol–water partition coefficient (Wildman–Crippen LogP) is 2.97. The molecule has 1 aliphatic rings. The van der Waals surface area contributed by atoms with Gasteiger partial charge >= 0.3 is 0 Å². The van der Waals surface area contributed by atoms with Gasteiger partial charge in [0.05, 0.1) is 11.4 Å². The van der Waals surface area contributed by atoms with E-state index in [1.54, 1.807) is 0 Å². The molecule has 1 aromatic rings. The molecule has 0 spiro atoms. The SMILES string of the molecule is CCC(CC)(CNC)CN1CCN(C)c2ccccc21. The molecule has 0 saturated carbocycles. The van der Waals surface area contributed by atoms with Crippen LogP contribution in [0.5, 0.6) is 0 Å². The summed E-state index contributed by atoms with van der Waals surface area (Å²) in [5.41, 5.74) is 3.13. The van der Waals surface area contributed by atoms with E-state index in [0.717, 1.165) is 26.2 Å². The van der Waals surface area contributed by atoms with Crippen LogP contribution in [0.4, 0.5) is 11.4 Å². The first-order valence-electron chi connectivity index (χ1n) is 7.85. The number of anilines is 2. The van der Waals surface area contributed by atoms with Gasteiger partial charge in [-0.1, -0.05) is 26.0 Å². The summed E-state index contributed by atoms with van der Waals surface area (Å²) in [5, 5.41) is 3.40. The average molecular weight is 275 g/mol.